The van der Waals surface area contributed by atoms with E-state index in [4.69, 9.17) is 29.2 Å². The number of hydrogen-bond acceptors (Lipinski definition) is 12. The van der Waals surface area contributed by atoms with Gasteiger partial charge < -0.3 is 39.6 Å². The molecule has 4 unspecified atom stereocenters. The van der Waals surface area contributed by atoms with Gasteiger partial charge in [0.1, 0.15) is 11.6 Å². The third kappa shape index (κ3) is 10.4. The summed E-state index contributed by atoms with van der Waals surface area (Å²) in [6.45, 7) is 7.70. The maximum atomic E-state index is 12.9. The molecule has 15 heteroatoms. The van der Waals surface area contributed by atoms with Gasteiger partial charge in [0.25, 0.3) is 0 Å². The number of ether oxygens (including phenoxy) is 3. The van der Waals surface area contributed by atoms with E-state index in [9.17, 15) is 19.2 Å². The van der Waals surface area contributed by atoms with E-state index in [2.05, 4.69) is 45.1 Å². The highest BCUT2D eigenvalue weighted by molar-refractivity contribution is 5.83. The van der Waals surface area contributed by atoms with E-state index in [1.165, 1.54) is 40.0 Å². The van der Waals surface area contributed by atoms with Crippen molar-refractivity contribution in [2.75, 3.05) is 44.6 Å². The van der Waals surface area contributed by atoms with Gasteiger partial charge in [-0.3, -0.25) is 14.4 Å². The van der Waals surface area contributed by atoms with Crippen molar-refractivity contribution in [1.82, 2.24) is 35.1 Å². The number of hydrogen-bond donors (Lipinski definition) is 3. The van der Waals surface area contributed by atoms with Gasteiger partial charge in [-0.15, -0.1) is 0 Å². The van der Waals surface area contributed by atoms with Crippen LogP contribution in [-0.2, 0) is 35.1 Å². The lowest BCUT2D eigenvalue weighted by Gasteiger charge is -2.26. The first-order chi connectivity index (χ1) is 26.7. The quantitative estimate of drug-likeness (QED) is 0.116. The molecule has 2 aromatic carbocycles. The number of amides is 2. The number of rotatable bonds is 15. The summed E-state index contributed by atoms with van der Waals surface area (Å²) in [6, 6.07) is 19.4. The molecule has 2 aliphatic rings. The molecule has 55 heavy (non-hydrogen) atoms. The lowest BCUT2D eigenvalue weighted by Crippen LogP contribution is -2.41. The highest BCUT2D eigenvalue weighted by atomic mass is 16.6. The summed E-state index contributed by atoms with van der Waals surface area (Å²) in [7, 11) is 0. The van der Waals surface area contributed by atoms with Gasteiger partial charge >= 0.3 is 23.9 Å². The number of carbonyl (C=O) groups excluding carboxylic acids is 4. The maximum Gasteiger partial charge on any atom is 0.315 e. The molecule has 3 N–H and O–H groups in total. The average Bonchev–Trinajstić information content (AvgIpc) is 3.74. The van der Waals surface area contributed by atoms with Crippen molar-refractivity contribution in [3.05, 3.63) is 83.9 Å². The number of likely N-dealkylation sites (tertiary alicyclic amines) is 1. The number of piperidine rings is 1. The Hall–Kier alpha value is -5.57. The second kappa shape index (κ2) is 18.7. The third-order valence-electron chi connectivity index (χ3n) is 10.1. The number of urea groups is 1. The van der Waals surface area contributed by atoms with Crippen molar-refractivity contribution in [1.29, 1.82) is 0 Å². The number of anilines is 1. The number of esters is 3. The van der Waals surface area contributed by atoms with E-state index < -0.39 is 42.1 Å². The molecule has 2 amide bonds. The van der Waals surface area contributed by atoms with Gasteiger partial charge in [0.05, 0.1) is 25.5 Å². The number of carbonyl (C=O) groups is 4. The summed E-state index contributed by atoms with van der Waals surface area (Å²) in [6.07, 6.45) is 3.69. The Balaban J connectivity index is 1.31. The van der Waals surface area contributed by atoms with Crippen LogP contribution < -0.4 is 16.0 Å². The Bertz CT molecular complexity index is 1880. The summed E-state index contributed by atoms with van der Waals surface area (Å²) in [5.74, 6) is -1.34. The van der Waals surface area contributed by atoms with Crippen molar-refractivity contribution in [2.45, 2.75) is 77.2 Å². The normalized spacial score (nSPS) is 19.9. The SMILES string of the molecule is CC(=O)OCC1CC(n2cnc3c(NCC(c4ccccc4)c4ccccc4)nc(CNC(=O)NCCN4CCCCC4)nc32)C(OC(C)=O)C1OC(C)=O. The minimum absolute atomic E-state index is 0.0232. The average molecular weight is 755 g/mol. The largest absolute Gasteiger partial charge is 0.465 e. The fourth-order valence-electron chi connectivity index (χ4n) is 7.55. The van der Waals surface area contributed by atoms with Crippen molar-refractivity contribution in [2.24, 2.45) is 5.92 Å². The monoisotopic (exact) mass is 754 g/mol. The first kappa shape index (κ1) is 39.1. The van der Waals surface area contributed by atoms with Gasteiger partial charge in [0, 0.05) is 52.2 Å². The van der Waals surface area contributed by atoms with E-state index in [0.717, 1.165) is 30.8 Å². The van der Waals surface area contributed by atoms with Crippen LogP contribution in [0.2, 0.25) is 0 Å². The number of nitrogens with zero attached hydrogens (tertiary/aromatic N) is 5. The molecule has 1 saturated carbocycles. The molecule has 6 rings (SSSR count). The van der Waals surface area contributed by atoms with Crippen LogP contribution >= 0.6 is 0 Å². The highest BCUT2D eigenvalue weighted by Crippen LogP contribution is 2.41. The van der Waals surface area contributed by atoms with Gasteiger partial charge in [-0.2, -0.15) is 0 Å². The number of nitrogens with one attached hydrogen (secondary N) is 3. The Morgan fingerprint density at radius 1 is 0.818 bits per heavy atom. The van der Waals surface area contributed by atoms with E-state index >= 15 is 0 Å². The van der Waals surface area contributed by atoms with E-state index in [-0.39, 0.29) is 25.1 Å². The standard InChI is InChI=1S/C40H50N8O7/c1-26(49)53-24-31-21-33(37(55-28(3)51)36(31)54-27(2)50)48-25-44-35-38(42-22-32(29-13-7-4-8-14-29)30-15-9-5-10-16-30)45-34(46-39(35)48)23-43-40(52)41-17-20-47-18-11-6-12-19-47/h4-5,7-10,13-16,25,31-33,36-37H,6,11-12,17-24H2,1-3H3,(H2,41,43,52)(H,42,45,46). The van der Waals surface area contributed by atoms with E-state index in [0.29, 0.717) is 42.3 Å². The molecule has 2 fully saturated rings. The van der Waals surface area contributed by atoms with Gasteiger partial charge in [-0.05, 0) is 43.5 Å². The molecule has 3 heterocycles. The van der Waals surface area contributed by atoms with E-state index in [1.54, 1.807) is 10.9 Å². The Labute approximate surface area is 320 Å². The molecule has 0 spiro atoms. The molecule has 0 bridgehead atoms. The molecular formula is C40H50N8O7. The van der Waals surface area contributed by atoms with Crippen LogP contribution in [0, 0.1) is 5.92 Å². The second-order valence-corrected chi connectivity index (χ2v) is 14.1. The predicted molar refractivity (Wildman–Crippen MR) is 204 cm³/mol. The van der Waals surface area contributed by atoms with E-state index in [1.807, 2.05) is 36.4 Å². The maximum absolute atomic E-state index is 12.9. The van der Waals surface area contributed by atoms with Crippen molar-refractivity contribution in [3.8, 4) is 0 Å². The fraction of sp³-hybridized carbons (Fsp3) is 0.475. The van der Waals surface area contributed by atoms with Crippen LogP contribution in [-0.4, -0.2) is 99.9 Å². The first-order valence-electron chi connectivity index (χ1n) is 18.9. The molecule has 2 aromatic heterocycles. The summed E-state index contributed by atoms with van der Waals surface area (Å²) in [5, 5.41) is 9.37. The van der Waals surface area contributed by atoms with Crippen molar-refractivity contribution in [3.63, 3.8) is 0 Å². The topological polar surface area (TPSA) is 179 Å². The van der Waals surface area contributed by atoms with Crippen LogP contribution in [0.5, 0.6) is 0 Å². The number of aromatic nitrogens is 4. The lowest BCUT2D eigenvalue weighted by molar-refractivity contribution is -0.168. The Morgan fingerprint density at radius 2 is 1.47 bits per heavy atom. The second-order valence-electron chi connectivity index (χ2n) is 14.1. The number of imidazole rings is 1. The Morgan fingerprint density at radius 3 is 2.11 bits per heavy atom. The first-order valence-corrected chi connectivity index (χ1v) is 18.9. The van der Waals surface area contributed by atoms with Crippen molar-refractivity contribution < 1.29 is 33.4 Å². The minimum atomic E-state index is -0.932. The van der Waals surface area contributed by atoms with Gasteiger partial charge in [0.15, 0.2) is 23.4 Å². The molecule has 1 saturated heterocycles. The lowest BCUT2D eigenvalue weighted by atomic mass is 9.91. The zero-order valence-electron chi connectivity index (χ0n) is 31.6. The fourth-order valence-corrected chi connectivity index (χ4v) is 7.55. The molecular weight excluding hydrogens is 704 g/mol. The van der Waals surface area contributed by atoms with Crippen LogP contribution in [0.3, 0.4) is 0 Å². The highest BCUT2D eigenvalue weighted by Gasteiger charge is 2.49. The number of fused-ring (bicyclic) bond motifs is 1. The van der Waals surface area contributed by atoms with Crippen molar-refractivity contribution >= 4 is 40.9 Å². The number of benzene rings is 2. The minimum Gasteiger partial charge on any atom is -0.465 e. The summed E-state index contributed by atoms with van der Waals surface area (Å²) >= 11 is 0. The van der Waals surface area contributed by atoms with Gasteiger partial charge in [-0.1, -0.05) is 67.1 Å². The molecule has 1 aliphatic heterocycles. The van der Waals surface area contributed by atoms with Crippen LogP contribution in [0.15, 0.2) is 67.0 Å². The smallest absolute Gasteiger partial charge is 0.315 e. The predicted octanol–water partition coefficient (Wildman–Crippen LogP) is 4.34. The molecule has 4 aromatic rings. The third-order valence-corrected chi connectivity index (χ3v) is 10.1. The van der Waals surface area contributed by atoms with Gasteiger partial charge in [-0.25, -0.2) is 19.7 Å². The van der Waals surface area contributed by atoms with Crippen LogP contribution in [0.25, 0.3) is 11.2 Å². The molecule has 0 radical (unpaired) electrons. The summed E-state index contributed by atoms with van der Waals surface area (Å²) in [4.78, 5) is 66.2. The van der Waals surface area contributed by atoms with Crippen LogP contribution in [0.1, 0.15) is 75.4 Å². The molecule has 4 atom stereocenters. The zero-order valence-corrected chi connectivity index (χ0v) is 31.6. The zero-order chi connectivity index (χ0) is 38.7. The van der Waals surface area contributed by atoms with Crippen LogP contribution in [0.4, 0.5) is 10.6 Å². The molecule has 1 aliphatic carbocycles. The molecule has 15 nitrogen and oxygen atoms in total. The molecule has 292 valence electrons. The Kier molecular flexibility index (Phi) is 13.3. The summed E-state index contributed by atoms with van der Waals surface area (Å²) in [5.41, 5.74) is 3.12. The summed E-state index contributed by atoms with van der Waals surface area (Å²) < 4.78 is 18.6. The van der Waals surface area contributed by atoms with Gasteiger partial charge in [0.2, 0.25) is 0 Å².